The van der Waals surface area contributed by atoms with Crippen molar-refractivity contribution in [3.63, 3.8) is 0 Å². The molecule has 0 saturated carbocycles. The van der Waals surface area contributed by atoms with Crippen molar-refractivity contribution in [2.24, 2.45) is 0 Å². The number of anilines is 1. The smallest absolute Gasteiger partial charge is 0.305 e. The molecule has 0 aliphatic rings. The maximum absolute atomic E-state index is 11.5. The molecule has 17 heavy (non-hydrogen) atoms. The van der Waals surface area contributed by atoms with Crippen molar-refractivity contribution < 1.29 is 22.5 Å². The van der Waals surface area contributed by atoms with Gasteiger partial charge < -0.3 is 9.26 Å². The minimum Gasteiger partial charge on any atom is -0.469 e. The van der Waals surface area contributed by atoms with Gasteiger partial charge >= 0.3 is 5.97 Å². The quantitative estimate of drug-likeness (QED) is 0.757. The molecular weight excluding hydrogens is 248 g/mol. The van der Waals surface area contributed by atoms with Crippen LogP contribution in [-0.2, 0) is 19.6 Å². The van der Waals surface area contributed by atoms with E-state index in [1.165, 1.54) is 13.2 Å². The Morgan fingerprint density at radius 3 is 2.82 bits per heavy atom. The lowest BCUT2D eigenvalue weighted by Gasteiger charge is -2.03. The molecular formula is C9H14N2O5S. The number of aromatic nitrogens is 1. The highest BCUT2D eigenvalue weighted by Crippen LogP contribution is 2.10. The second kappa shape index (κ2) is 5.67. The lowest BCUT2D eigenvalue weighted by atomic mass is 10.3. The number of rotatable bonds is 6. The average molecular weight is 262 g/mol. The van der Waals surface area contributed by atoms with E-state index in [2.05, 4.69) is 14.6 Å². The number of carbonyl (C=O) groups is 1. The van der Waals surface area contributed by atoms with Crippen molar-refractivity contribution >= 4 is 21.8 Å². The molecule has 0 spiro atoms. The highest BCUT2D eigenvalue weighted by Gasteiger charge is 2.13. The third-order valence-electron chi connectivity index (χ3n) is 1.91. The highest BCUT2D eigenvalue weighted by molar-refractivity contribution is 7.92. The van der Waals surface area contributed by atoms with Gasteiger partial charge in [-0.15, -0.1) is 0 Å². The molecule has 0 fully saturated rings. The number of hydrogen-bond acceptors (Lipinski definition) is 6. The van der Waals surface area contributed by atoms with Crippen LogP contribution >= 0.6 is 0 Å². The van der Waals surface area contributed by atoms with E-state index in [0.29, 0.717) is 5.76 Å². The molecule has 1 heterocycles. The summed E-state index contributed by atoms with van der Waals surface area (Å²) in [6.07, 6.45) is 0.258. The SMILES string of the molecule is COC(=O)CCCS(=O)(=O)Nc1cc(C)on1. The van der Waals surface area contributed by atoms with Crippen LogP contribution in [0.15, 0.2) is 10.6 Å². The molecule has 1 aromatic rings. The number of sulfonamides is 1. The fourth-order valence-electron chi connectivity index (χ4n) is 1.13. The monoisotopic (exact) mass is 262 g/mol. The van der Waals surface area contributed by atoms with Crippen LogP contribution in [-0.4, -0.2) is 32.4 Å². The summed E-state index contributed by atoms with van der Waals surface area (Å²) < 4.78 is 34.4. The summed E-state index contributed by atoms with van der Waals surface area (Å²) in [6, 6.07) is 1.47. The summed E-state index contributed by atoms with van der Waals surface area (Å²) in [4.78, 5) is 10.8. The molecule has 0 saturated heterocycles. The van der Waals surface area contributed by atoms with Gasteiger partial charge in [-0.3, -0.25) is 9.52 Å². The fourth-order valence-corrected chi connectivity index (χ4v) is 2.17. The van der Waals surface area contributed by atoms with E-state index in [-0.39, 0.29) is 24.4 Å². The number of nitrogens with zero attached hydrogens (tertiary/aromatic N) is 1. The second-order valence-electron chi connectivity index (χ2n) is 3.42. The van der Waals surface area contributed by atoms with E-state index in [1.54, 1.807) is 6.92 Å². The van der Waals surface area contributed by atoms with Gasteiger partial charge in [0.1, 0.15) is 5.76 Å². The summed E-state index contributed by atoms with van der Waals surface area (Å²) in [5.74, 6) is 0.0453. The van der Waals surface area contributed by atoms with Crippen LogP contribution in [0.4, 0.5) is 5.82 Å². The van der Waals surface area contributed by atoms with Crippen LogP contribution in [0.2, 0.25) is 0 Å². The van der Waals surface area contributed by atoms with Crippen LogP contribution < -0.4 is 4.72 Å². The Morgan fingerprint density at radius 1 is 1.59 bits per heavy atom. The first-order valence-corrected chi connectivity index (χ1v) is 6.59. The molecule has 0 aliphatic heterocycles. The van der Waals surface area contributed by atoms with Gasteiger partial charge in [0.05, 0.1) is 12.9 Å². The Hall–Kier alpha value is -1.57. The normalized spacial score (nSPS) is 11.2. The Balaban J connectivity index is 2.44. The molecule has 1 aromatic heterocycles. The van der Waals surface area contributed by atoms with Crippen LogP contribution in [0.5, 0.6) is 0 Å². The van der Waals surface area contributed by atoms with Crippen LogP contribution in [0.25, 0.3) is 0 Å². The van der Waals surface area contributed by atoms with E-state index in [0.717, 1.165) is 0 Å². The molecule has 0 radical (unpaired) electrons. The maximum atomic E-state index is 11.5. The molecule has 0 aromatic carbocycles. The van der Waals surface area contributed by atoms with E-state index in [1.807, 2.05) is 0 Å². The van der Waals surface area contributed by atoms with Crippen molar-refractivity contribution in [3.05, 3.63) is 11.8 Å². The molecule has 0 aliphatic carbocycles. The van der Waals surface area contributed by atoms with Gasteiger partial charge in [-0.2, -0.15) is 0 Å². The highest BCUT2D eigenvalue weighted by atomic mass is 32.2. The lowest BCUT2D eigenvalue weighted by molar-refractivity contribution is -0.140. The fraction of sp³-hybridized carbons (Fsp3) is 0.556. The number of esters is 1. The zero-order chi connectivity index (χ0) is 12.9. The maximum Gasteiger partial charge on any atom is 0.305 e. The Bertz CT molecular complexity index is 479. The van der Waals surface area contributed by atoms with E-state index in [9.17, 15) is 13.2 Å². The predicted octanol–water partition coefficient (Wildman–Crippen LogP) is 0.678. The van der Waals surface area contributed by atoms with Gasteiger partial charge in [-0.05, 0) is 13.3 Å². The van der Waals surface area contributed by atoms with Crippen molar-refractivity contribution in [3.8, 4) is 0 Å². The molecule has 1 rings (SSSR count). The average Bonchev–Trinajstić information content (AvgIpc) is 2.62. The van der Waals surface area contributed by atoms with Crippen molar-refractivity contribution in [1.82, 2.24) is 5.16 Å². The van der Waals surface area contributed by atoms with Gasteiger partial charge in [-0.1, -0.05) is 5.16 Å². The van der Waals surface area contributed by atoms with Crippen molar-refractivity contribution in [2.45, 2.75) is 19.8 Å². The van der Waals surface area contributed by atoms with Crippen molar-refractivity contribution in [2.75, 3.05) is 17.6 Å². The number of carbonyl (C=O) groups excluding carboxylic acids is 1. The first-order chi connectivity index (χ1) is 7.93. The molecule has 0 atom stereocenters. The number of nitrogens with one attached hydrogen (secondary N) is 1. The zero-order valence-electron chi connectivity index (χ0n) is 9.60. The van der Waals surface area contributed by atoms with Gasteiger partial charge in [0.2, 0.25) is 10.0 Å². The topological polar surface area (TPSA) is 98.5 Å². The first-order valence-electron chi connectivity index (χ1n) is 4.93. The van der Waals surface area contributed by atoms with Crippen LogP contribution in [0.3, 0.4) is 0 Å². The minimum atomic E-state index is -3.51. The molecule has 96 valence electrons. The summed E-state index contributed by atoms with van der Waals surface area (Å²) in [6.45, 7) is 1.65. The molecule has 0 bridgehead atoms. The van der Waals surface area contributed by atoms with E-state index in [4.69, 9.17) is 4.52 Å². The van der Waals surface area contributed by atoms with Crippen molar-refractivity contribution in [1.29, 1.82) is 0 Å². The molecule has 0 unspecified atom stereocenters. The first kappa shape index (κ1) is 13.5. The second-order valence-corrected chi connectivity index (χ2v) is 5.27. The third kappa shape index (κ3) is 4.85. The Morgan fingerprint density at radius 2 is 2.29 bits per heavy atom. The summed E-state index contributed by atoms with van der Waals surface area (Å²) in [5, 5.41) is 3.50. The summed E-state index contributed by atoms with van der Waals surface area (Å²) >= 11 is 0. The van der Waals surface area contributed by atoms with Gasteiger partial charge in [0.25, 0.3) is 0 Å². The zero-order valence-corrected chi connectivity index (χ0v) is 10.4. The molecule has 8 heteroatoms. The number of ether oxygens (including phenoxy) is 1. The van der Waals surface area contributed by atoms with Crippen LogP contribution in [0, 0.1) is 6.92 Å². The summed E-state index contributed by atoms with van der Waals surface area (Å²) in [5.41, 5.74) is 0. The Kier molecular flexibility index (Phi) is 4.50. The van der Waals surface area contributed by atoms with Crippen LogP contribution in [0.1, 0.15) is 18.6 Å². The predicted molar refractivity (Wildman–Crippen MR) is 59.9 cm³/mol. The molecule has 7 nitrogen and oxygen atoms in total. The number of hydrogen-bond donors (Lipinski definition) is 1. The lowest BCUT2D eigenvalue weighted by Crippen LogP contribution is -2.17. The molecule has 1 N–H and O–H groups in total. The third-order valence-corrected chi connectivity index (χ3v) is 3.26. The van der Waals surface area contributed by atoms with E-state index < -0.39 is 16.0 Å². The largest absolute Gasteiger partial charge is 0.469 e. The number of aryl methyl sites for hydroxylation is 1. The minimum absolute atomic E-state index is 0.0647. The number of methoxy groups -OCH3 is 1. The van der Waals surface area contributed by atoms with Gasteiger partial charge in [0.15, 0.2) is 5.82 Å². The standard InChI is InChI=1S/C9H14N2O5S/c1-7-6-8(10-16-7)11-17(13,14)5-3-4-9(12)15-2/h6H,3-5H2,1-2H3,(H,10,11). The van der Waals surface area contributed by atoms with E-state index >= 15 is 0 Å². The summed E-state index contributed by atoms with van der Waals surface area (Å²) in [7, 11) is -2.25. The molecule has 0 amide bonds. The Labute approximate surface area is 99.2 Å². The van der Waals surface area contributed by atoms with Gasteiger partial charge in [-0.25, -0.2) is 8.42 Å². The van der Waals surface area contributed by atoms with Gasteiger partial charge in [0, 0.05) is 12.5 Å².